The van der Waals surface area contributed by atoms with Crippen LogP contribution in [0.2, 0.25) is 0 Å². The summed E-state index contributed by atoms with van der Waals surface area (Å²) in [6.07, 6.45) is 2.31. The minimum atomic E-state index is -0.762. The van der Waals surface area contributed by atoms with Crippen LogP contribution in [-0.2, 0) is 4.79 Å². The molecule has 84 valence electrons. The monoisotopic (exact) mass is 211 g/mol. The second-order valence-electron chi connectivity index (χ2n) is 3.71. The average Bonchev–Trinajstić information content (AvgIpc) is 2.25. The Morgan fingerprint density at radius 1 is 1.60 bits per heavy atom. The van der Waals surface area contributed by atoms with E-state index < -0.39 is 12.0 Å². The number of nitriles is 1. The Balaban J connectivity index is 2.30. The summed E-state index contributed by atoms with van der Waals surface area (Å²) in [6, 6.07) is 1.69. The molecule has 1 aliphatic rings. The molecule has 2 N–H and O–H groups in total. The molecule has 0 radical (unpaired) electrons. The van der Waals surface area contributed by atoms with Crippen molar-refractivity contribution >= 4 is 5.97 Å². The molecule has 1 heterocycles. The van der Waals surface area contributed by atoms with Gasteiger partial charge in [-0.3, -0.25) is 9.69 Å². The fraction of sp³-hybridized carbons (Fsp3) is 0.800. The summed E-state index contributed by atoms with van der Waals surface area (Å²) in [7, 11) is 0. The smallest absolute Gasteiger partial charge is 0.322 e. The van der Waals surface area contributed by atoms with Crippen LogP contribution in [-0.4, -0.2) is 48.2 Å². The number of nitrogens with one attached hydrogen (secondary N) is 1. The van der Waals surface area contributed by atoms with Gasteiger partial charge in [0.25, 0.3) is 0 Å². The molecule has 0 aromatic rings. The topological polar surface area (TPSA) is 76.4 Å². The number of nitrogens with zero attached hydrogens (tertiary/aromatic N) is 2. The Morgan fingerprint density at radius 3 is 3.07 bits per heavy atom. The first-order chi connectivity index (χ1) is 7.25. The Morgan fingerprint density at radius 2 is 2.40 bits per heavy atom. The van der Waals surface area contributed by atoms with Gasteiger partial charge in [-0.2, -0.15) is 5.26 Å². The predicted molar refractivity (Wildman–Crippen MR) is 55.3 cm³/mol. The van der Waals surface area contributed by atoms with Crippen molar-refractivity contribution in [2.75, 3.05) is 26.2 Å². The molecule has 5 nitrogen and oxygen atoms in total. The fourth-order valence-electron chi connectivity index (χ4n) is 1.78. The number of unbranched alkanes of at least 4 members (excludes halogenated alkanes) is 2. The molecule has 5 heteroatoms. The number of carboxylic acid groups (broad SMARTS) is 1. The molecule has 0 spiro atoms. The minimum Gasteiger partial charge on any atom is -0.480 e. The molecule has 0 bridgehead atoms. The maximum Gasteiger partial charge on any atom is 0.322 e. The Hall–Kier alpha value is -1.12. The van der Waals surface area contributed by atoms with Gasteiger partial charge in [0.2, 0.25) is 0 Å². The molecule has 0 aromatic carbocycles. The van der Waals surface area contributed by atoms with E-state index in [0.29, 0.717) is 13.0 Å². The largest absolute Gasteiger partial charge is 0.480 e. The van der Waals surface area contributed by atoms with Crippen LogP contribution < -0.4 is 5.32 Å². The third-order valence-corrected chi connectivity index (χ3v) is 2.62. The van der Waals surface area contributed by atoms with Crippen molar-refractivity contribution < 1.29 is 9.90 Å². The van der Waals surface area contributed by atoms with Crippen LogP contribution in [0.5, 0.6) is 0 Å². The molecule has 1 saturated heterocycles. The van der Waals surface area contributed by atoms with E-state index in [4.69, 9.17) is 10.4 Å². The van der Waals surface area contributed by atoms with Crippen LogP contribution in [0.25, 0.3) is 0 Å². The summed E-state index contributed by atoms with van der Waals surface area (Å²) in [5.41, 5.74) is 0. The third-order valence-electron chi connectivity index (χ3n) is 2.62. The van der Waals surface area contributed by atoms with Gasteiger partial charge in [-0.15, -0.1) is 0 Å². The zero-order valence-electron chi connectivity index (χ0n) is 8.78. The standard InChI is InChI=1S/C10H17N3O2/c11-4-2-1-3-6-13-7-5-12-8-9(13)10(14)15/h9,12H,1-3,5-8H2,(H,14,15). The van der Waals surface area contributed by atoms with E-state index in [1.807, 2.05) is 4.90 Å². The van der Waals surface area contributed by atoms with Crippen LogP contribution in [0.4, 0.5) is 0 Å². The molecule has 1 aliphatic heterocycles. The van der Waals surface area contributed by atoms with Crippen LogP contribution >= 0.6 is 0 Å². The third kappa shape index (κ3) is 3.86. The molecule has 1 unspecified atom stereocenters. The number of hydrogen-bond donors (Lipinski definition) is 2. The Labute approximate surface area is 89.7 Å². The minimum absolute atomic E-state index is 0.402. The highest BCUT2D eigenvalue weighted by atomic mass is 16.4. The maximum absolute atomic E-state index is 10.9. The van der Waals surface area contributed by atoms with E-state index in [2.05, 4.69) is 11.4 Å². The SMILES string of the molecule is N#CCCCCN1CCNCC1C(=O)O. The number of hydrogen-bond acceptors (Lipinski definition) is 4. The zero-order chi connectivity index (χ0) is 11.1. The van der Waals surface area contributed by atoms with Gasteiger partial charge in [-0.05, 0) is 19.4 Å². The van der Waals surface area contributed by atoms with E-state index >= 15 is 0 Å². The second-order valence-corrected chi connectivity index (χ2v) is 3.71. The van der Waals surface area contributed by atoms with Crippen molar-refractivity contribution in [1.29, 1.82) is 5.26 Å². The lowest BCUT2D eigenvalue weighted by Crippen LogP contribution is -2.55. The number of piperazine rings is 1. The molecule has 1 fully saturated rings. The van der Waals surface area contributed by atoms with Gasteiger partial charge in [0.15, 0.2) is 0 Å². The summed E-state index contributed by atoms with van der Waals surface area (Å²) < 4.78 is 0. The first-order valence-corrected chi connectivity index (χ1v) is 5.30. The molecule has 0 amide bonds. The molecule has 0 aromatic heterocycles. The predicted octanol–water partition coefficient (Wildman–Crippen LogP) is 0.0387. The van der Waals surface area contributed by atoms with Gasteiger partial charge in [0.1, 0.15) is 6.04 Å². The second kappa shape index (κ2) is 6.38. The van der Waals surface area contributed by atoms with Gasteiger partial charge in [-0.1, -0.05) is 0 Å². The van der Waals surface area contributed by atoms with E-state index in [9.17, 15) is 4.79 Å². The van der Waals surface area contributed by atoms with Crippen molar-refractivity contribution in [1.82, 2.24) is 10.2 Å². The lowest BCUT2D eigenvalue weighted by molar-refractivity contribution is -0.143. The van der Waals surface area contributed by atoms with Gasteiger partial charge < -0.3 is 10.4 Å². The summed E-state index contributed by atoms with van der Waals surface area (Å²) in [4.78, 5) is 12.9. The van der Waals surface area contributed by atoms with Crippen molar-refractivity contribution in [3.8, 4) is 6.07 Å². The summed E-state index contributed by atoms with van der Waals surface area (Å²) >= 11 is 0. The van der Waals surface area contributed by atoms with Crippen LogP contribution in [0, 0.1) is 11.3 Å². The highest BCUT2D eigenvalue weighted by Crippen LogP contribution is 2.06. The molecule has 0 saturated carbocycles. The van der Waals surface area contributed by atoms with Crippen LogP contribution in [0.15, 0.2) is 0 Å². The lowest BCUT2D eigenvalue weighted by Gasteiger charge is -2.33. The Bertz CT molecular complexity index is 250. The van der Waals surface area contributed by atoms with Crippen LogP contribution in [0.1, 0.15) is 19.3 Å². The first-order valence-electron chi connectivity index (χ1n) is 5.30. The van der Waals surface area contributed by atoms with E-state index in [0.717, 1.165) is 32.5 Å². The van der Waals surface area contributed by atoms with Crippen molar-refractivity contribution in [3.63, 3.8) is 0 Å². The van der Waals surface area contributed by atoms with E-state index in [1.54, 1.807) is 0 Å². The number of carbonyl (C=O) groups is 1. The molecule has 1 atom stereocenters. The molecule has 0 aliphatic carbocycles. The summed E-state index contributed by atoms with van der Waals surface area (Å²) in [6.45, 7) is 2.93. The Kier molecular flexibility index (Phi) is 5.08. The molecular formula is C10H17N3O2. The fourth-order valence-corrected chi connectivity index (χ4v) is 1.78. The highest BCUT2D eigenvalue weighted by Gasteiger charge is 2.27. The highest BCUT2D eigenvalue weighted by molar-refractivity contribution is 5.73. The van der Waals surface area contributed by atoms with Gasteiger partial charge in [-0.25, -0.2) is 0 Å². The zero-order valence-corrected chi connectivity index (χ0v) is 8.78. The molecule has 1 rings (SSSR count). The summed E-state index contributed by atoms with van der Waals surface area (Å²) in [5, 5.41) is 20.4. The number of rotatable bonds is 5. The van der Waals surface area contributed by atoms with Crippen molar-refractivity contribution in [3.05, 3.63) is 0 Å². The quantitative estimate of drug-likeness (QED) is 0.628. The average molecular weight is 211 g/mol. The van der Waals surface area contributed by atoms with Gasteiger partial charge in [0, 0.05) is 26.1 Å². The van der Waals surface area contributed by atoms with Gasteiger partial charge >= 0.3 is 5.97 Å². The first kappa shape index (κ1) is 12.0. The van der Waals surface area contributed by atoms with Crippen LogP contribution in [0.3, 0.4) is 0 Å². The number of aliphatic carboxylic acids is 1. The number of carboxylic acids is 1. The van der Waals surface area contributed by atoms with E-state index in [1.165, 1.54) is 0 Å². The maximum atomic E-state index is 10.9. The van der Waals surface area contributed by atoms with Crippen molar-refractivity contribution in [2.45, 2.75) is 25.3 Å². The lowest BCUT2D eigenvalue weighted by atomic mass is 10.1. The summed E-state index contributed by atoms with van der Waals surface area (Å²) in [5.74, 6) is -0.762. The molecular weight excluding hydrogens is 194 g/mol. The molecule has 15 heavy (non-hydrogen) atoms. The normalized spacial score (nSPS) is 22.2. The van der Waals surface area contributed by atoms with Gasteiger partial charge in [0.05, 0.1) is 6.07 Å². The van der Waals surface area contributed by atoms with E-state index in [-0.39, 0.29) is 0 Å². The van der Waals surface area contributed by atoms with Crippen molar-refractivity contribution in [2.24, 2.45) is 0 Å².